The first kappa shape index (κ1) is 20.8. The van der Waals surface area contributed by atoms with E-state index < -0.39 is 6.04 Å². The first-order valence-electron chi connectivity index (χ1n) is 10.8. The van der Waals surface area contributed by atoms with Crippen LogP contribution in [0.4, 0.5) is 11.6 Å². The minimum atomic E-state index is -0.656. The molecule has 0 saturated heterocycles. The van der Waals surface area contributed by atoms with E-state index in [0.29, 0.717) is 23.9 Å². The molecule has 1 aliphatic rings. The van der Waals surface area contributed by atoms with Crippen LogP contribution in [0, 0.1) is 6.92 Å². The lowest BCUT2D eigenvalue weighted by molar-refractivity contribution is -0.124. The predicted molar refractivity (Wildman–Crippen MR) is 127 cm³/mol. The van der Waals surface area contributed by atoms with Crippen molar-refractivity contribution < 1.29 is 14.3 Å². The third-order valence-electron chi connectivity index (χ3n) is 5.90. The Morgan fingerprint density at radius 1 is 1.03 bits per heavy atom. The monoisotopic (exact) mass is 440 g/mol. The summed E-state index contributed by atoms with van der Waals surface area (Å²) in [6.45, 7) is 2.43. The second-order valence-electron chi connectivity index (χ2n) is 8.18. The number of carbonyl (C=O) groups excluding carboxylic acids is 2. The van der Waals surface area contributed by atoms with Gasteiger partial charge in [-0.2, -0.15) is 0 Å². The number of anilines is 2. The lowest BCUT2D eigenvalue weighted by Crippen LogP contribution is -2.31. The van der Waals surface area contributed by atoms with Crippen molar-refractivity contribution in [3.63, 3.8) is 0 Å². The van der Waals surface area contributed by atoms with Crippen molar-refractivity contribution in [2.24, 2.45) is 0 Å². The van der Waals surface area contributed by atoms with Gasteiger partial charge in [0.25, 0.3) is 5.91 Å². The summed E-state index contributed by atoms with van der Waals surface area (Å²) in [5.74, 6) is 0.914. The molecule has 1 N–H and O–H groups in total. The predicted octanol–water partition coefficient (Wildman–Crippen LogP) is 4.47. The highest BCUT2D eigenvalue weighted by Gasteiger charge is 2.40. The maximum atomic E-state index is 13.5. The second-order valence-corrected chi connectivity index (χ2v) is 8.18. The van der Waals surface area contributed by atoms with Crippen LogP contribution >= 0.6 is 0 Å². The minimum Gasteiger partial charge on any atom is -0.497 e. The van der Waals surface area contributed by atoms with Crippen LogP contribution in [-0.4, -0.2) is 28.5 Å². The molecule has 33 heavy (non-hydrogen) atoms. The first-order chi connectivity index (χ1) is 16.0. The molecule has 0 spiro atoms. The molecule has 166 valence electrons. The summed E-state index contributed by atoms with van der Waals surface area (Å²) in [6, 6.07) is 22.2. The summed E-state index contributed by atoms with van der Waals surface area (Å²) in [5.41, 5.74) is 4.46. The zero-order chi connectivity index (χ0) is 22.9. The first-order valence-corrected chi connectivity index (χ1v) is 10.8. The number of nitrogens with zero attached hydrogens (tertiary/aromatic N) is 3. The summed E-state index contributed by atoms with van der Waals surface area (Å²) in [4.78, 5) is 32.8. The van der Waals surface area contributed by atoms with Gasteiger partial charge in [-0.1, -0.05) is 42.0 Å². The van der Waals surface area contributed by atoms with Crippen LogP contribution in [0.15, 0.2) is 72.8 Å². The fourth-order valence-corrected chi connectivity index (χ4v) is 4.18. The summed E-state index contributed by atoms with van der Waals surface area (Å²) < 4.78 is 7.05. The molecule has 0 fully saturated rings. The maximum Gasteiger partial charge on any atom is 0.253 e. The van der Waals surface area contributed by atoms with Gasteiger partial charge in [-0.15, -0.1) is 0 Å². The Balaban J connectivity index is 1.43. The average Bonchev–Trinajstić information content (AvgIpc) is 3.31. The van der Waals surface area contributed by atoms with Gasteiger partial charge < -0.3 is 10.1 Å². The quantitative estimate of drug-likeness (QED) is 0.480. The van der Waals surface area contributed by atoms with E-state index in [-0.39, 0.29) is 18.2 Å². The smallest absolute Gasteiger partial charge is 0.253 e. The van der Waals surface area contributed by atoms with Gasteiger partial charge in [0.2, 0.25) is 11.9 Å². The molecule has 4 aromatic rings. The average molecular weight is 441 g/mol. The van der Waals surface area contributed by atoms with E-state index in [1.165, 1.54) is 0 Å². The number of para-hydroxylation sites is 2. The zero-order valence-corrected chi connectivity index (χ0v) is 18.5. The van der Waals surface area contributed by atoms with Crippen molar-refractivity contribution in [2.45, 2.75) is 25.9 Å². The van der Waals surface area contributed by atoms with Gasteiger partial charge in [0.05, 0.1) is 31.1 Å². The fraction of sp³-hybridized carbons (Fsp3) is 0.192. The molecule has 1 aliphatic heterocycles. The summed E-state index contributed by atoms with van der Waals surface area (Å²) in [5, 5.41) is 2.88. The SMILES string of the molecule is COc1ccc(NC(=O)C[C@@H]2C(=O)N(Cc3ccc(C)cc3)c3nc4ccccc4n32)cc1. The molecule has 1 atom stereocenters. The Morgan fingerprint density at radius 3 is 2.48 bits per heavy atom. The third kappa shape index (κ3) is 3.93. The van der Waals surface area contributed by atoms with E-state index in [9.17, 15) is 9.59 Å². The number of aryl methyl sites for hydroxylation is 1. The van der Waals surface area contributed by atoms with Crippen molar-refractivity contribution in [2.75, 3.05) is 17.3 Å². The normalized spacial score (nSPS) is 15.0. The van der Waals surface area contributed by atoms with Crippen LogP contribution in [-0.2, 0) is 16.1 Å². The Bertz CT molecular complexity index is 1330. The molecule has 2 heterocycles. The largest absolute Gasteiger partial charge is 0.497 e. The molecule has 7 heteroatoms. The van der Waals surface area contributed by atoms with Crippen molar-refractivity contribution in [1.82, 2.24) is 9.55 Å². The van der Waals surface area contributed by atoms with Gasteiger partial charge in [0.1, 0.15) is 11.8 Å². The molecule has 3 aromatic carbocycles. The molecule has 0 bridgehead atoms. The summed E-state index contributed by atoms with van der Waals surface area (Å²) in [7, 11) is 1.59. The van der Waals surface area contributed by atoms with Crippen LogP contribution in [0.2, 0.25) is 0 Å². The molecule has 0 saturated carbocycles. The van der Waals surface area contributed by atoms with Crippen molar-refractivity contribution in [3.8, 4) is 5.75 Å². The van der Waals surface area contributed by atoms with E-state index in [2.05, 4.69) is 5.32 Å². The number of amides is 2. The number of hydrogen-bond acceptors (Lipinski definition) is 4. The van der Waals surface area contributed by atoms with Crippen LogP contribution in [0.25, 0.3) is 11.0 Å². The number of imidazole rings is 1. The van der Waals surface area contributed by atoms with Gasteiger partial charge in [-0.25, -0.2) is 4.98 Å². The molecular weight excluding hydrogens is 416 g/mol. The van der Waals surface area contributed by atoms with Crippen molar-refractivity contribution in [3.05, 3.63) is 83.9 Å². The van der Waals surface area contributed by atoms with E-state index in [1.54, 1.807) is 36.3 Å². The summed E-state index contributed by atoms with van der Waals surface area (Å²) >= 11 is 0. The van der Waals surface area contributed by atoms with Crippen LogP contribution < -0.4 is 15.0 Å². The standard InChI is InChI=1S/C26H24N4O3/c1-17-7-9-18(10-8-17)16-29-25(32)23(30-22-6-4-3-5-21(22)28-26(29)30)15-24(31)27-19-11-13-20(33-2)14-12-19/h3-14,23H,15-16H2,1-2H3,(H,27,31)/t23-/m1/s1. The highest BCUT2D eigenvalue weighted by molar-refractivity contribution is 6.05. The Kier molecular flexibility index (Phi) is 5.30. The number of fused-ring (bicyclic) bond motifs is 3. The lowest BCUT2D eigenvalue weighted by atomic mass is 10.1. The molecular formula is C26H24N4O3. The van der Waals surface area contributed by atoms with Gasteiger partial charge >= 0.3 is 0 Å². The zero-order valence-electron chi connectivity index (χ0n) is 18.5. The number of nitrogens with one attached hydrogen (secondary N) is 1. The van der Waals surface area contributed by atoms with Gasteiger partial charge in [0.15, 0.2) is 0 Å². The number of benzene rings is 3. The fourth-order valence-electron chi connectivity index (χ4n) is 4.18. The number of methoxy groups -OCH3 is 1. The number of hydrogen-bond donors (Lipinski definition) is 1. The molecule has 0 radical (unpaired) electrons. The van der Waals surface area contributed by atoms with Crippen LogP contribution in [0.3, 0.4) is 0 Å². The Labute approximate surface area is 191 Å². The molecule has 2 amide bonds. The Hall–Kier alpha value is -4.13. The van der Waals surface area contributed by atoms with E-state index in [4.69, 9.17) is 9.72 Å². The number of aromatic nitrogens is 2. The number of carbonyl (C=O) groups is 2. The molecule has 5 rings (SSSR count). The van der Waals surface area contributed by atoms with Crippen LogP contribution in [0.5, 0.6) is 5.75 Å². The number of ether oxygens (including phenoxy) is 1. The lowest BCUT2D eigenvalue weighted by Gasteiger charge is -2.16. The van der Waals surface area contributed by atoms with Gasteiger partial charge in [0, 0.05) is 5.69 Å². The van der Waals surface area contributed by atoms with Crippen molar-refractivity contribution in [1.29, 1.82) is 0 Å². The second kappa shape index (κ2) is 8.43. The minimum absolute atomic E-state index is 0.0165. The topological polar surface area (TPSA) is 76.5 Å². The van der Waals surface area contributed by atoms with E-state index in [0.717, 1.165) is 22.2 Å². The van der Waals surface area contributed by atoms with E-state index >= 15 is 0 Å². The van der Waals surface area contributed by atoms with Crippen LogP contribution in [0.1, 0.15) is 23.6 Å². The van der Waals surface area contributed by atoms with Crippen molar-refractivity contribution >= 4 is 34.5 Å². The maximum absolute atomic E-state index is 13.5. The molecule has 1 aromatic heterocycles. The highest BCUT2D eigenvalue weighted by atomic mass is 16.5. The third-order valence-corrected chi connectivity index (χ3v) is 5.90. The number of rotatable bonds is 6. The van der Waals surface area contributed by atoms with Gasteiger partial charge in [-0.05, 0) is 48.9 Å². The Morgan fingerprint density at radius 2 is 1.76 bits per heavy atom. The molecule has 0 unspecified atom stereocenters. The summed E-state index contributed by atoms with van der Waals surface area (Å²) in [6.07, 6.45) is 0.0165. The molecule has 0 aliphatic carbocycles. The highest BCUT2D eigenvalue weighted by Crippen LogP contribution is 2.37. The van der Waals surface area contributed by atoms with Gasteiger partial charge in [-0.3, -0.25) is 19.1 Å². The molecule has 7 nitrogen and oxygen atoms in total. The van der Waals surface area contributed by atoms with E-state index in [1.807, 2.05) is 60.0 Å².